The van der Waals surface area contributed by atoms with Gasteiger partial charge in [0.15, 0.2) is 0 Å². The molecule has 0 atom stereocenters. The lowest BCUT2D eigenvalue weighted by molar-refractivity contribution is 0.0683. The Morgan fingerprint density at radius 3 is 2.30 bits per heavy atom. The molecule has 5 heteroatoms. The normalized spacial score (nSPS) is 11.2. The van der Waals surface area contributed by atoms with Gasteiger partial charge in [0.1, 0.15) is 18.1 Å². The number of pyridine rings is 1. The Hall–Kier alpha value is -3.86. The summed E-state index contributed by atoms with van der Waals surface area (Å²) in [5.41, 5.74) is 3.08. The molecule has 0 bridgehead atoms. The average Bonchev–Trinajstić information content (AvgIpc) is 2.80. The molecule has 4 rings (SSSR count). The molecule has 0 saturated heterocycles. The third-order valence-corrected chi connectivity index (χ3v) is 5.58. The van der Waals surface area contributed by atoms with Gasteiger partial charge in [-0.05, 0) is 42.2 Å². The van der Waals surface area contributed by atoms with Crippen LogP contribution in [0.1, 0.15) is 35.5 Å². The van der Waals surface area contributed by atoms with Crippen LogP contribution in [0.2, 0.25) is 0 Å². The SMILES string of the molecule is Cc1ccc(-c2c(C(=O)O)n(CC(C)C)c(=O)c3ccc(OCc4ccccc4)cc23)cc1. The van der Waals surface area contributed by atoms with Gasteiger partial charge in [-0.3, -0.25) is 4.79 Å². The van der Waals surface area contributed by atoms with Crippen LogP contribution in [0.4, 0.5) is 0 Å². The molecule has 0 spiro atoms. The first kappa shape index (κ1) is 22.3. The Balaban J connectivity index is 1.95. The Bertz CT molecular complexity index is 1350. The number of nitrogens with zero attached hydrogens (tertiary/aromatic N) is 1. The first-order valence-corrected chi connectivity index (χ1v) is 11.0. The van der Waals surface area contributed by atoms with Crippen LogP contribution >= 0.6 is 0 Å². The molecule has 33 heavy (non-hydrogen) atoms. The minimum Gasteiger partial charge on any atom is -0.489 e. The van der Waals surface area contributed by atoms with Gasteiger partial charge in [0.05, 0.1) is 0 Å². The van der Waals surface area contributed by atoms with Gasteiger partial charge in [-0.1, -0.05) is 74.0 Å². The fourth-order valence-electron chi connectivity index (χ4n) is 4.03. The molecule has 1 aromatic heterocycles. The van der Waals surface area contributed by atoms with Gasteiger partial charge in [0, 0.05) is 22.9 Å². The van der Waals surface area contributed by atoms with Crippen molar-refractivity contribution in [3.05, 3.63) is 100.0 Å². The van der Waals surface area contributed by atoms with Gasteiger partial charge < -0.3 is 14.4 Å². The molecule has 0 saturated carbocycles. The number of rotatable bonds is 7. The first-order valence-electron chi connectivity index (χ1n) is 11.0. The molecule has 168 valence electrons. The maximum atomic E-state index is 13.4. The highest BCUT2D eigenvalue weighted by Gasteiger charge is 2.24. The predicted octanol–water partition coefficient (Wildman–Crippen LogP) is 5.91. The van der Waals surface area contributed by atoms with Crippen molar-refractivity contribution in [1.29, 1.82) is 0 Å². The number of aromatic nitrogens is 1. The zero-order valence-corrected chi connectivity index (χ0v) is 19.0. The molecular formula is C28H27NO4. The largest absolute Gasteiger partial charge is 0.489 e. The van der Waals surface area contributed by atoms with Crippen LogP contribution in [0.5, 0.6) is 5.75 Å². The minimum absolute atomic E-state index is 0.00487. The lowest BCUT2D eigenvalue weighted by Gasteiger charge is -2.19. The van der Waals surface area contributed by atoms with E-state index in [-0.39, 0.29) is 17.2 Å². The highest BCUT2D eigenvalue weighted by molar-refractivity contribution is 6.06. The fraction of sp³-hybridized carbons (Fsp3) is 0.214. The van der Waals surface area contributed by atoms with E-state index in [4.69, 9.17) is 4.74 Å². The van der Waals surface area contributed by atoms with Crippen molar-refractivity contribution in [3.63, 3.8) is 0 Å². The number of benzene rings is 3. The molecule has 0 aliphatic carbocycles. The number of hydrogen-bond acceptors (Lipinski definition) is 3. The topological polar surface area (TPSA) is 68.5 Å². The van der Waals surface area contributed by atoms with Crippen LogP contribution in [0.3, 0.4) is 0 Å². The molecule has 1 heterocycles. The molecule has 0 amide bonds. The third kappa shape index (κ3) is 4.67. The molecule has 0 aliphatic rings. The van der Waals surface area contributed by atoms with Crippen LogP contribution < -0.4 is 10.3 Å². The van der Waals surface area contributed by atoms with E-state index in [2.05, 4.69) is 0 Å². The smallest absolute Gasteiger partial charge is 0.353 e. The average molecular weight is 442 g/mol. The zero-order valence-electron chi connectivity index (χ0n) is 19.0. The van der Waals surface area contributed by atoms with Gasteiger partial charge in [0.2, 0.25) is 0 Å². The van der Waals surface area contributed by atoms with Crippen LogP contribution in [0, 0.1) is 12.8 Å². The minimum atomic E-state index is -1.12. The van der Waals surface area contributed by atoms with Crippen LogP contribution in [-0.4, -0.2) is 15.6 Å². The summed E-state index contributed by atoms with van der Waals surface area (Å²) in [7, 11) is 0. The summed E-state index contributed by atoms with van der Waals surface area (Å²) in [5.74, 6) is -0.435. The van der Waals surface area contributed by atoms with Crippen molar-refractivity contribution in [2.24, 2.45) is 5.92 Å². The summed E-state index contributed by atoms with van der Waals surface area (Å²) in [4.78, 5) is 25.8. The zero-order chi connectivity index (χ0) is 23.5. The summed E-state index contributed by atoms with van der Waals surface area (Å²) in [5, 5.41) is 11.2. The molecular weight excluding hydrogens is 414 g/mol. The second-order valence-corrected chi connectivity index (χ2v) is 8.69. The van der Waals surface area contributed by atoms with Crippen LogP contribution in [0.25, 0.3) is 21.9 Å². The number of ether oxygens (including phenoxy) is 1. The molecule has 1 N–H and O–H groups in total. The second-order valence-electron chi connectivity index (χ2n) is 8.69. The second kappa shape index (κ2) is 9.33. The molecule has 0 aliphatic heterocycles. The monoisotopic (exact) mass is 441 g/mol. The summed E-state index contributed by atoms with van der Waals surface area (Å²) >= 11 is 0. The number of aromatic carboxylic acids is 1. The van der Waals surface area contributed by atoms with Crippen LogP contribution in [-0.2, 0) is 13.2 Å². The van der Waals surface area contributed by atoms with Gasteiger partial charge in [-0.15, -0.1) is 0 Å². The first-order chi connectivity index (χ1) is 15.8. The van der Waals surface area contributed by atoms with E-state index < -0.39 is 5.97 Å². The fourth-order valence-corrected chi connectivity index (χ4v) is 4.03. The summed E-state index contributed by atoms with van der Waals surface area (Å²) in [6.07, 6.45) is 0. The van der Waals surface area contributed by atoms with Crippen molar-refractivity contribution in [2.45, 2.75) is 33.9 Å². The highest BCUT2D eigenvalue weighted by Crippen LogP contribution is 2.33. The van der Waals surface area contributed by atoms with Gasteiger partial charge >= 0.3 is 5.97 Å². The van der Waals surface area contributed by atoms with Crippen LogP contribution in [0.15, 0.2) is 77.6 Å². The number of carbonyl (C=O) groups is 1. The molecule has 3 aromatic carbocycles. The standard InChI is InChI=1S/C28H27NO4/c1-18(2)16-29-26(28(31)32)25(21-11-9-19(3)10-12-21)24-15-22(13-14-23(24)27(29)30)33-17-20-7-5-4-6-8-20/h4-15,18H,16-17H2,1-3H3,(H,31,32). The van der Waals surface area contributed by atoms with Crippen molar-refractivity contribution in [3.8, 4) is 16.9 Å². The van der Waals surface area contributed by atoms with E-state index >= 15 is 0 Å². The molecule has 0 radical (unpaired) electrons. The summed E-state index contributed by atoms with van der Waals surface area (Å²) < 4.78 is 7.39. The molecule has 0 fully saturated rings. The van der Waals surface area contributed by atoms with Gasteiger partial charge in [-0.25, -0.2) is 4.79 Å². The Morgan fingerprint density at radius 2 is 1.67 bits per heavy atom. The third-order valence-electron chi connectivity index (χ3n) is 5.58. The van der Waals surface area contributed by atoms with Gasteiger partial charge in [-0.2, -0.15) is 0 Å². The van der Waals surface area contributed by atoms with Gasteiger partial charge in [0.25, 0.3) is 5.56 Å². The van der Waals surface area contributed by atoms with E-state index in [1.165, 1.54) is 4.57 Å². The Labute approximate surface area is 192 Å². The van der Waals surface area contributed by atoms with Crippen molar-refractivity contribution in [2.75, 3.05) is 0 Å². The quantitative estimate of drug-likeness (QED) is 0.387. The highest BCUT2D eigenvalue weighted by atomic mass is 16.5. The number of aryl methyl sites for hydroxylation is 1. The maximum Gasteiger partial charge on any atom is 0.353 e. The lowest BCUT2D eigenvalue weighted by Crippen LogP contribution is -2.29. The van der Waals surface area contributed by atoms with Crippen molar-refractivity contribution < 1.29 is 14.6 Å². The van der Waals surface area contributed by atoms with Crippen molar-refractivity contribution >= 4 is 16.7 Å². The number of fused-ring (bicyclic) bond motifs is 1. The molecule has 5 nitrogen and oxygen atoms in total. The number of carboxylic acids is 1. The van der Waals surface area contributed by atoms with E-state index in [0.29, 0.717) is 35.2 Å². The van der Waals surface area contributed by atoms with E-state index in [9.17, 15) is 14.7 Å². The predicted molar refractivity (Wildman–Crippen MR) is 131 cm³/mol. The Kier molecular flexibility index (Phi) is 6.31. The summed E-state index contributed by atoms with van der Waals surface area (Å²) in [6, 6.07) is 22.8. The van der Waals surface area contributed by atoms with E-state index in [1.807, 2.05) is 75.4 Å². The molecule has 4 aromatic rings. The maximum absolute atomic E-state index is 13.4. The number of carboxylic acid groups (broad SMARTS) is 1. The van der Waals surface area contributed by atoms with E-state index in [1.54, 1.807) is 18.2 Å². The lowest BCUT2D eigenvalue weighted by atomic mass is 9.95. The van der Waals surface area contributed by atoms with E-state index in [0.717, 1.165) is 16.7 Å². The Morgan fingerprint density at radius 1 is 0.970 bits per heavy atom. The number of hydrogen-bond donors (Lipinski definition) is 1. The molecule has 0 unspecified atom stereocenters. The summed E-state index contributed by atoms with van der Waals surface area (Å²) in [6.45, 7) is 6.61. The van der Waals surface area contributed by atoms with Crippen molar-refractivity contribution in [1.82, 2.24) is 4.57 Å².